The molecule has 0 radical (unpaired) electrons. The summed E-state index contributed by atoms with van der Waals surface area (Å²) < 4.78 is 30.3. The topological polar surface area (TPSA) is 102 Å². The molecule has 1 aromatic heterocycles. The molecular weight excluding hydrogens is 544 g/mol. The number of methoxy groups -OCH3 is 1. The van der Waals surface area contributed by atoms with Crippen LogP contribution in [0.5, 0.6) is 5.75 Å². The number of anilines is 1. The molecule has 0 spiro atoms. The van der Waals surface area contributed by atoms with Crippen LogP contribution in [-0.4, -0.2) is 38.0 Å². The van der Waals surface area contributed by atoms with E-state index in [9.17, 15) is 18.0 Å². The third-order valence-corrected chi connectivity index (χ3v) is 10.2. The smallest absolute Gasteiger partial charge is 0.267 e. The van der Waals surface area contributed by atoms with Gasteiger partial charge in [-0.15, -0.1) is 11.3 Å². The number of carbonyl (C=O) groups is 2. The Hall–Kier alpha value is -3.14. The van der Waals surface area contributed by atoms with Gasteiger partial charge in [-0.25, -0.2) is 8.42 Å². The Morgan fingerprint density at radius 1 is 1.16 bits per heavy atom. The number of rotatable bonds is 7. The van der Waals surface area contributed by atoms with E-state index >= 15 is 0 Å². The molecule has 3 aromatic rings. The number of nitrogens with one attached hydrogen (secondary N) is 2. The minimum atomic E-state index is -3.61. The monoisotopic (exact) mass is 572 g/mol. The number of sulfone groups is 1. The normalized spacial score (nSPS) is 15.6. The Kier molecular flexibility index (Phi) is 7.74. The second kappa shape index (κ2) is 10.6. The van der Waals surface area contributed by atoms with Crippen LogP contribution >= 0.6 is 22.9 Å². The zero-order valence-electron chi connectivity index (χ0n) is 21.7. The molecule has 0 atom stereocenters. The van der Waals surface area contributed by atoms with Gasteiger partial charge in [-0.1, -0.05) is 17.7 Å². The Morgan fingerprint density at radius 2 is 1.84 bits per heavy atom. The zero-order chi connectivity index (χ0) is 27.8. The molecule has 1 amide bonds. The lowest BCUT2D eigenvalue weighted by atomic mass is 9.85. The fraction of sp³-hybridized carbons (Fsp3) is 0.286. The highest BCUT2D eigenvalue weighted by Crippen LogP contribution is 2.35. The number of fused-ring (bicyclic) bond motifs is 1. The minimum Gasteiger partial charge on any atom is -0.497 e. The number of amides is 1. The summed E-state index contributed by atoms with van der Waals surface area (Å²) in [6.45, 7) is 7.28. The second-order valence-electron chi connectivity index (χ2n) is 10.00. The Labute approximate surface area is 231 Å². The number of allylic oxidation sites excluding steroid dienone is 1. The van der Waals surface area contributed by atoms with Crippen LogP contribution in [0, 0.1) is 0 Å². The van der Waals surface area contributed by atoms with Crippen LogP contribution in [-0.2, 0) is 16.3 Å². The third kappa shape index (κ3) is 5.65. The summed E-state index contributed by atoms with van der Waals surface area (Å²) in [6, 6.07) is 12.3. The fourth-order valence-electron chi connectivity index (χ4n) is 4.20. The maximum absolute atomic E-state index is 13.1. The number of benzene rings is 2. The van der Waals surface area contributed by atoms with Crippen LogP contribution in [0.15, 0.2) is 58.8 Å². The molecule has 10 heteroatoms. The standard InChI is InChI=1S/C28H29ClN2O5S2/c1-16(2)38(34,35)24-15-37-26(25(24)29)27(33)30-19-9-6-17(7-10-19)23(32)13-22-21-12-20(36-5)11-8-18(21)14-28(3,4)31-22/h6-13,15-16,31H,14H2,1-5H3,(H,30,33)/b22-13-. The Balaban J connectivity index is 1.53. The van der Waals surface area contributed by atoms with Gasteiger partial charge in [-0.05, 0) is 76.1 Å². The van der Waals surface area contributed by atoms with Gasteiger partial charge < -0.3 is 15.4 Å². The van der Waals surface area contributed by atoms with Gasteiger partial charge >= 0.3 is 0 Å². The van der Waals surface area contributed by atoms with E-state index in [-0.39, 0.29) is 26.1 Å². The maximum Gasteiger partial charge on any atom is 0.267 e. The minimum absolute atomic E-state index is 0.0445. The summed E-state index contributed by atoms with van der Waals surface area (Å²) in [7, 11) is -2.00. The molecule has 1 aliphatic heterocycles. The van der Waals surface area contributed by atoms with Crippen molar-refractivity contribution in [1.29, 1.82) is 0 Å². The van der Waals surface area contributed by atoms with Crippen molar-refractivity contribution in [2.45, 2.75) is 49.8 Å². The molecule has 4 rings (SSSR count). The molecule has 0 saturated heterocycles. The van der Waals surface area contributed by atoms with Gasteiger partial charge in [0.1, 0.15) is 10.6 Å². The summed E-state index contributed by atoms with van der Waals surface area (Å²) >= 11 is 7.23. The average molecular weight is 573 g/mol. The third-order valence-electron chi connectivity index (χ3n) is 6.25. The lowest BCUT2D eigenvalue weighted by molar-refractivity contribution is 0.102. The van der Waals surface area contributed by atoms with E-state index in [0.29, 0.717) is 17.0 Å². The van der Waals surface area contributed by atoms with Crippen LogP contribution in [0.3, 0.4) is 0 Å². The van der Waals surface area contributed by atoms with Crippen molar-refractivity contribution in [3.05, 3.63) is 80.5 Å². The molecule has 200 valence electrons. The molecule has 38 heavy (non-hydrogen) atoms. The molecule has 0 unspecified atom stereocenters. The molecular formula is C28H29ClN2O5S2. The van der Waals surface area contributed by atoms with Crippen molar-refractivity contribution < 1.29 is 22.7 Å². The van der Waals surface area contributed by atoms with Gasteiger partial charge in [0.25, 0.3) is 5.91 Å². The first-order chi connectivity index (χ1) is 17.8. The van der Waals surface area contributed by atoms with Gasteiger partial charge in [-0.3, -0.25) is 9.59 Å². The lowest BCUT2D eigenvalue weighted by Gasteiger charge is -2.35. The van der Waals surface area contributed by atoms with E-state index in [1.54, 1.807) is 51.3 Å². The van der Waals surface area contributed by atoms with Crippen molar-refractivity contribution >= 4 is 55.8 Å². The number of hydrogen-bond acceptors (Lipinski definition) is 7. The van der Waals surface area contributed by atoms with Crippen molar-refractivity contribution in [3.8, 4) is 5.75 Å². The molecule has 2 heterocycles. The van der Waals surface area contributed by atoms with Gasteiger partial charge in [0.2, 0.25) is 0 Å². The van der Waals surface area contributed by atoms with E-state index in [1.165, 1.54) is 5.38 Å². The number of halogens is 1. The summed E-state index contributed by atoms with van der Waals surface area (Å²) in [5.41, 5.74) is 3.45. The molecule has 0 fully saturated rings. The SMILES string of the molecule is COc1ccc2c(c1)/C(=C/C(=O)c1ccc(NC(=O)c3scc(S(=O)(=O)C(C)C)c3Cl)cc1)NC(C)(C)C2. The number of hydrogen-bond donors (Lipinski definition) is 2. The number of carbonyl (C=O) groups excluding carboxylic acids is 2. The largest absolute Gasteiger partial charge is 0.497 e. The average Bonchev–Trinajstić information content (AvgIpc) is 3.25. The van der Waals surface area contributed by atoms with E-state index < -0.39 is 21.0 Å². The molecule has 1 aliphatic rings. The molecule has 0 bridgehead atoms. The van der Waals surface area contributed by atoms with E-state index in [1.807, 2.05) is 18.2 Å². The van der Waals surface area contributed by atoms with Gasteiger partial charge in [-0.2, -0.15) is 0 Å². The fourth-order valence-corrected chi connectivity index (χ4v) is 7.18. The predicted octanol–water partition coefficient (Wildman–Crippen LogP) is 5.99. The summed E-state index contributed by atoms with van der Waals surface area (Å²) in [5.74, 6) is -0.00394. The van der Waals surface area contributed by atoms with Crippen LogP contribution in [0.2, 0.25) is 5.02 Å². The van der Waals surface area contributed by atoms with Crippen LogP contribution in [0.4, 0.5) is 5.69 Å². The van der Waals surface area contributed by atoms with Gasteiger partial charge in [0.05, 0.1) is 22.3 Å². The van der Waals surface area contributed by atoms with Crippen molar-refractivity contribution in [2.24, 2.45) is 0 Å². The van der Waals surface area contributed by atoms with Crippen LogP contribution in [0.1, 0.15) is 58.9 Å². The highest BCUT2D eigenvalue weighted by Gasteiger charge is 2.29. The van der Waals surface area contributed by atoms with Crippen LogP contribution < -0.4 is 15.4 Å². The first-order valence-electron chi connectivity index (χ1n) is 12.0. The van der Waals surface area contributed by atoms with Crippen molar-refractivity contribution in [2.75, 3.05) is 12.4 Å². The zero-order valence-corrected chi connectivity index (χ0v) is 24.1. The number of thiophene rings is 1. The lowest BCUT2D eigenvalue weighted by Crippen LogP contribution is -2.43. The summed E-state index contributed by atoms with van der Waals surface area (Å²) in [6.07, 6.45) is 2.39. The first kappa shape index (κ1) is 27.9. The molecule has 0 aliphatic carbocycles. The van der Waals surface area contributed by atoms with E-state index in [4.69, 9.17) is 16.3 Å². The van der Waals surface area contributed by atoms with Crippen molar-refractivity contribution in [1.82, 2.24) is 5.32 Å². The van der Waals surface area contributed by atoms with E-state index in [2.05, 4.69) is 24.5 Å². The highest BCUT2D eigenvalue weighted by molar-refractivity contribution is 7.92. The first-order valence-corrected chi connectivity index (χ1v) is 14.8. The Morgan fingerprint density at radius 3 is 2.47 bits per heavy atom. The number of ketones is 1. The maximum atomic E-state index is 13.1. The highest BCUT2D eigenvalue weighted by atomic mass is 35.5. The summed E-state index contributed by atoms with van der Waals surface area (Å²) in [5, 5.41) is 6.82. The van der Waals surface area contributed by atoms with E-state index in [0.717, 1.165) is 34.6 Å². The number of ether oxygens (including phenoxy) is 1. The Bertz CT molecular complexity index is 1540. The predicted molar refractivity (Wildman–Crippen MR) is 152 cm³/mol. The molecule has 0 saturated carbocycles. The molecule has 7 nitrogen and oxygen atoms in total. The summed E-state index contributed by atoms with van der Waals surface area (Å²) in [4.78, 5) is 26.0. The quantitative estimate of drug-likeness (QED) is 0.266. The van der Waals surface area contributed by atoms with Crippen molar-refractivity contribution in [3.63, 3.8) is 0 Å². The molecule has 2 N–H and O–H groups in total. The second-order valence-corrected chi connectivity index (χ2v) is 13.7. The van der Waals surface area contributed by atoms with Gasteiger partial charge in [0.15, 0.2) is 15.6 Å². The molecule has 2 aromatic carbocycles. The van der Waals surface area contributed by atoms with Crippen LogP contribution in [0.25, 0.3) is 5.70 Å². The van der Waals surface area contributed by atoms with Gasteiger partial charge in [0, 0.05) is 39.5 Å².